The zero-order chi connectivity index (χ0) is 45.6. The van der Waals surface area contributed by atoms with Gasteiger partial charge in [0.25, 0.3) is 0 Å². The van der Waals surface area contributed by atoms with E-state index < -0.39 is 0 Å². The first-order chi connectivity index (χ1) is 34.6. The Morgan fingerprint density at radius 1 is 0.629 bits per heavy atom. The lowest BCUT2D eigenvalue weighted by atomic mass is 9.82. The predicted octanol–water partition coefficient (Wildman–Crippen LogP) is 16.5. The molecule has 0 radical (unpaired) electrons. The SMILES string of the molecule is C1=CC2=Cc3c(c4cc5c(cc4n3-c3ccc4ccc6oc7cccc(-c8nc(-c9cccc(C%10=CC=CC%11CC%10%11)c9)nc(-c9ccc%10sc%11ccccc%11c%10c9)n8)c7c6c4c3)C=CCC5)CC2C=C1. The highest BCUT2D eigenvalue weighted by Crippen LogP contribution is 2.51. The summed E-state index contributed by atoms with van der Waals surface area (Å²) in [6.07, 6.45) is 27.3. The molecule has 4 aromatic heterocycles. The van der Waals surface area contributed by atoms with Gasteiger partial charge in [-0.15, -0.1) is 11.3 Å². The Hall–Kier alpha value is -8.19. The van der Waals surface area contributed by atoms with Gasteiger partial charge < -0.3 is 8.98 Å². The number of hydrogen-bond donors (Lipinski definition) is 0. The molecule has 0 amide bonds. The number of aromatic nitrogens is 4. The fourth-order valence-corrected chi connectivity index (χ4v) is 13.3. The van der Waals surface area contributed by atoms with Gasteiger partial charge in [0, 0.05) is 64.6 Å². The second kappa shape index (κ2) is 14.7. The second-order valence-electron chi connectivity index (χ2n) is 19.7. The summed E-state index contributed by atoms with van der Waals surface area (Å²) in [5.74, 6) is 3.52. The summed E-state index contributed by atoms with van der Waals surface area (Å²) in [5, 5.41) is 8.14. The van der Waals surface area contributed by atoms with Crippen LogP contribution in [0.2, 0.25) is 0 Å². The smallest absolute Gasteiger partial charge is 0.164 e. The fraction of sp³-hybridized carbons (Fsp3) is 0.109. The van der Waals surface area contributed by atoms with Crippen molar-refractivity contribution in [1.82, 2.24) is 19.5 Å². The van der Waals surface area contributed by atoms with E-state index in [2.05, 4.69) is 193 Å². The van der Waals surface area contributed by atoms with Crippen LogP contribution in [0.1, 0.15) is 40.8 Å². The van der Waals surface area contributed by atoms with Crippen LogP contribution in [0.3, 0.4) is 0 Å². The second-order valence-corrected chi connectivity index (χ2v) is 20.8. The first-order valence-electron chi connectivity index (χ1n) is 24.6. The Bertz CT molecular complexity index is 4340. The lowest BCUT2D eigenvalue weighted by Crippen LogP contribution is -2.12. The summed E-state index contributed by atoms with van der Waals surface area (Å²) in [5.41, 5.74) is 16.3. The van der Waals surface area contributed by atoms with Gasteiger partial charge in [0.2, 0.25) is 0 Å². The molecule has 1 saturated carbocycles. The zero-order valence-electron chi connectivity index (χ0n) is 38.1. The molecular weight excluding hydrogens is 873 g/mol. The molecule has 0 spiro atoms. The topological polar surface area (TPSA) is 56.7 Å². The normalized spacial score (nSPS) is 18.7. The summed E-state index contributed by atoms with van der Waals surface area (Å²) in [6.45, 7) is 0. The first kappa shape index (κ1) is 38.7. The number of nitrogens with zero attached hydrogens (tertiary/aromatic N) is 4. The first-order valence-corrected chi connectivity index (χ1v) is 25.4. The molecule has 4 heterocycles. The molecule has 5 aliphatic carbocycles. The van der Waals surface area contributed by atoms with Crippen LogP contribution in [0.25, 0.3) is 121 Å². The van der Waals surface area contributed by atoms with Crippen molar-refractivity contribution in [3.05, 3.63) is 210 Å². The highest BCUT2D eigenvalue weighted by Gasteiger charge is 2.39. The third kappa shape index (κ3) is 5.86. The lowest BCUT2D eigenvalue weighted by Gasteiger charge is -2.23. The monoisotopic (exact) mass is 914 g/mol. The molecule has 70 heavy (non-hydrogen) atoms. The number of rotatable bonds is 5. The summed E-state index contributed by atoms with van der Waals surface area (Å²) in [7, 11) is 0. The highest BCUT2D eigenvalue weighted by atomic mass is 32.1. The van der Waals surface area contributed by atoms with Crippen molar-refractivity contribution < 1.29 is 4.42 Å². The molecule has 6 heteroatoms. The Labute approximate surface area is 407 Å². The maximum atomic E-state index is 6.82. The number of fused-ring (bicyclic) bond motifs is 14. The minimum absolute atomic E-state index is 0.385. The molecule has 0 bridgehead atoms. The van der Waals surface area contributed by atoms with E-state index in [1.807, 2.05) is 11.3 Å². The van der Waals surface area contributed by atoms with Crippen LogP contribution in [-0.2, 0) is 12.8 Å². The van der Waals surface area contributed by atoms with E-state index in [1.54, 1.807) is 0 Å². The van der Waals surface area contributed by atoms with Crippen molar-refractivity contribution in [2.45, 2.75) is 25.7 Å². The van der Waals surface area contributed by atoms with Gasteiger partial charge in [-0.25, -0.2) is 15.0 Å². The maximum absolute atomic E-state index is 6.82. The van der Waals surface area contributed by atoms with Crippen molar-refractivity contribution in [2.75, 3.05) is 0 Å². The van der Waals surface area contributed by atoms with Crippen molar-refractivity contribution in [2.24, 2.45) is 17.8 Å². The molecule has 11 aromatic rings. The standard InChI is InChI=1S/C64H42N4OS/c1-3-12-39-33-54-51(29-37(39)10-1)52-30-38-11-2-4-13-40(38)34-55(52)68(54)45-25-22-36-23-26-57-61(50(36)35-45)60-48(19-9-20-56(60)69-57)64-66-62(43-16-7-14-41(28-43)46-18-8-15-42-31-49(42)46)65-63(67-64)44-24-27-59-53(32-44)47-17-5-6-21-58(47)70-59/h1,3-10,12-28,30,32-35,37,42,49H,2,11,29,31H2. The average Bonchev–Trinajstić information content (AvgIpc) is 3.84. The van der Waals surface area contributed by atoms with Crippen molar-refractivity contribution in [3.63, 3.8) is 0 Å². The molecule has 0 aliphatic heterocycles. The summed E-state index contributed by atoms with van der Waals surface area (Å²) in [4.78, 5) is 16.2. The number of allylic oxidation sites excluding steroid dienone is 10. The van der Waals surface area contributed by atoms with Gasteiger partial charge >= 0.3 is 0 Å². The third-order valence-electron chi connectivity index (χ3n) is 15.7. The van der Waals surface area contributed by atoms with Crippen LogP contribution < -0.4 is 0 Å². The van der Waals surface area contributed by atoms with E-state index in [0.717, 1.165) is 74.4 Å². The van der Waals surface area contributed by atoms with E-state index in [9.17, 15) is 0 Å². The Balaban J connectivity index is 0.920. The van der Waals surface area contributed by atoms with Crippen LogP contribution in [0, 0.1) is 17.8 Å². The summed E-state index contributed by atoms with van der Waals surface area (Å²) >= 11 is 1.82. The van der Waals surface area contributed by atoms with Crippen LogP contribution >= 0.6 is 11.3 Å². The molecule has 0 saturated heterocycles. The maximum Gasteiger partial charge on any atom is 0.164 e. The van der Waals surface area contributed by atoms with Crippen LogP contribution in [0.15, 0.2) is 186 Å². The predicted molar refractivity (Wildman–Crippen MR) is 290 cm³/mol. The average molecular weight is 915 g/mol. The molecule has 16 rings (SSSR count). The van der Waals surface area contributed by atoms with Gasteiger partial charge in [-0.1, -0.05) is 115 Å². The van der Waals surface area contributed by atoms with Gasteiger partial charge in [0.05, 0.1) is 11.2 Å². The quantitative estimate of drug-likeness (QED) is 0.173. The number of thiophene rings is 1. The van der Waals surface area contributed by atoms with E-state index in [4.69, 9.17) is 19.4 Å². The van der Waals surface area contributed by atoms with Crippen molar-refractivity contribution in [1.29, 1.82) is 0 Å². The van der Waals surface area contributed by atoms with Crippen LogP contribution in [-0.4, -0.2) is 19.5 Å². The fourth-order valence-electron chi connectivity index (χ4n) is 12.2. The van der Waals surface area contributed by atoms with Gasteiger partial charge in [0.15, 0.2) is 17.5 Å². The number of aryl methyl sites for hydroxylation is 1. The number of furan rings is 1. The van der Waals surface area contributed by atoms with E-state index in [1.165, 1.54) is 76.6 Å². The number of benzene rings is 7. The Morgan fingerprint density at radius 3 is 2.46 bits per heavy atom. The summed E-state index contributed by atoms with van der Waals surface area (Å²) < 4.78 is 11.9. The molecule has 7 aromatic carbocycles. The zero-order valence-corrected chi connectivity index (χ0v) is 38.9. The van der Waals surface area contributed by atoms with Gasteiger partial charge in [-0.3, -0.25) is 0 Å². The third-order valence-corrected chi connectivity index (χ3v) is 16.9. The van der Waals surface area contributed by atoms with Gasteiger partial charge in [0.1, 0.15) is 11.2 Å². The van der Waals surface area contributed by atoms with Gasteiger partial charge in [-0.05, 0) is 154 Å². The Kier molecular flexibility index (Phi) is 8.11. The molecule has 330 valence electrons. The molecule has 3 atom stereocenters. The van der Waals surface area contributed by atoms with Crippen molar-refractivity contribution in [3.8, 4) is 39.9 Å². The Morgan fingerprint density at radius 2 is 1.49 bits per heavy atom. The van der Waals surface area contributed by atoms with Crippen LogP contribution in [0.4, 0.5) is 0 Å². The molecule has 0 N–H and O–H groups in total. The highest BCUT2D eigenvalue weighted by molar-refractivity contribution is 7.25. The molecule has 5 nitrogen and oxygen atoms in total. The molecular formula is C64H42N4OS. The number of hydrogen-bond acceptors (Lipinski definition) is 5. The minimum Gasteiger partial charge on any atom is -0.456 e. The summed E-state index contributed by atoms with van der Waals surface area (Å²) in [6, 6.07) is 46.6. The van der Waals surface area contributed by atoms with Gasteiger partial charge in [-0.2, -0.15) is 0 Å². The minimum atomic E-state index is 0.385. The lowest BCUT2D eigenvalue weighted by molar-refractivity contribution is 0.669. The molecule has 5 aliphatic rings. The molecule has 3 unspecified atom stereocenters. The van der Waals surface area contributed by atoms with Crippen molar-refractivity contribution >= 4 is 92.8 Å². The molecule has 1 fully saturated rings. The van der Waals surface area contributed by atoms with E-state index in [0.29, 0.717) is 35.2 Å². The van der Waals surface area contributed by atoms with E-state index in [-0.39, 0.29) is 0 Å². The largest absolute Gasteiger partial charge is 0.456 e. The van der Waals surface area contributed by atoms with Crippen LogP contribution in [0.5, 0.6) is 0 Å². The van der Waals surface area contributed by atoms with E-state index >= 15 is 0 Å².